The Morgan fingerprint density at radius 2 is 2.14 bits per heavy atom. The van der Waals surface area contributed by atoms with Gasteiger partial charge < -0.3 is 15.4 Å². The van der Waals surface area contributed by atoms with E-state index < -0.39 is 0 Å². The van der Waals surface area contributed by atoms with E-state index in [1.165, 1.54) is 5.56 Å². The number of hydrogen-bond acceptors (Lipinski definition) is 3. The van der Waals surface area contributed by atoms with Gasteiger partial charge in [-0.05, 0) is 24.6 Å². The summed E-state index contributed by atoms with van der Waals surface area (Å²) < 4.78 is 5.02. The highest BCUT2D eigenvalue weighted by molar-refractivity contribution is 5.68. The van der Waals surface area contributed by atoms with Crippen molar-refractivity contribution >= 4 is 11.4 Å². The fourth-order valence-corrected chi connectivity index (χ4v) is 1.37. The highest BCUT2D eigenvalue weighted by atomic mass is 16.5. The Morgan fingerprint density at radius 3 is 2.71 bits per heavy atom. The Bertz CT molecular complexity index is 299. The first-order valence-electron chi connectivity index (χ1n) is 4.71. The van der Waals surface area contributed by atoms with Gasteiger partial charge in [-0.15, -0.1) is 0 Å². The van der Waals surface area contributed by atoms with Gasteiger partial charge in [0.2, 0.25) is 0 Å². The summed E-state index contributed by atoms with van der Waals surface area (Å²) >= 11 is 0. The fraction of sp³-hybridized carbons (Fsp3) is 0.455. The molecule has 0 bridgehead atoms. The monoisotopic (exact) mass is 194 g/mol. The van der Waals surface area contributed by atoms with Crippen molar-refractivity contribution in [2.24, 2.45) is 0 Å². The predicted octanol–water partition coefficient (Wildman–Crippen LogP) is 1.66. The van der Waals surface area contributed by atoms with E-state index in [0.717, 1.165) is 17.9 Å². The molecule has 1 rings (SSSR count). The van der Waals surface area contributed by atoms with Gasteiger partial charge in [0, 0.05) is 20.7 Å². The maximum atomic E-state index is 5.91. The van der Waals surface area contributed by atoms with Crippen LogP contribution in [0.3, 0.4) is 0 Å². The number of methoxy groups -OCH3 is 1. The largest absolute Gasteiger partial charge is 0.397 e. The van der Waals surface area contributed by atoms with Crippen LogP contribution < -0.4 is 10.6 Å². The lowest BCUT2D eigenvalue weighted by Crippen LogP contribution is -2.22. The predicted molar refractivity (Wildman–Crippen MR) is 60.7 cm³/mol. The molecule has 1 aromatic carbocycles. The maximum absolute atomic E-state index is 5.91. The van der Waals surface area contributed by atoms with Gasteiger partial charge in [-0.25, -0.2) is 0 Å². The second-order valence-corrected chi connectivity index (χ2v) is 3.48. The number of nitrogens with two attached hydrogens (primary N) is 1. The van der Waals surface area contributed by atoms with E-state index in [1.807, 2.05) is 26.1 Å². The van der Waals surface area contributed by atoms with Crippen LogP contribution >= 0.6 is 0 Å². The lowest BCUT2D eigenvalue weighted by atomic mass is 10.2. The van der Waals surface area contributed by atoms with Crippen molar-refractivity contribution in [3.63, 3.8) is 0 Å². The average molecular weight is 194 g/mol. The van der Waals surface area contributed by atoms with Gasteiger partial charge in [0.05, 0.1) is 18.0 Å². The summed E-state index contributed by atoms with van der Waals surface area (Å²) in [5.41, 5.74) is 8.98. The van der Waals surface area contributed by atoms with Crippen LogP contribution in [0, 0.1) is 6.92 Å². The van der Waals surface area contributed by atoms with Gasteiger partial charge in [-0.2, -0.15) is 0 Å². The summed E-state index contributed by atoms with van der Waals surface area (Å²) in [5.74, 6) is 0. The van der Waals surface area contributed by atoms with E-state index in [0.29, 0.717) is 6.61 Å². The number of nitrogens with zero attached hydrogens (tertiary/aromatic N) is 1. The number of nitrogen functional groups attached to an aromatic ring is 1. The van der Waals surface area contributed by atoms with Crippen molar-refractivity contribution in [2.75, 3.05) is 37.9 Å². The van der Waals surface area contributed by atoms with Crippen LogP contribution in [0.2, 0.25) is 0 Å². The molecule has 0 spiro atoms. The number of anilines is 2. The minimum Gasteiger partial charge on any atom is -0.397 e. The molecule has 3 heteroatoms. The number of aryl methyl sites for hydroxylation is 1. The molecule has 0 saturated heterocycles. The zero-order chi connectivity index (χ0) is 10.6. The van der Waals surface area contributed by atoms with Crippen molar-refractivity contribution < 1.29 is 4.74 Å². The maximum Gasteiger partial charge on any atom is 0.0637 e. The van der Waals surface area contributed by atoms with Crippen molar-refractivity contribution in [2.45, 2.75) is 6.92 Å². The van der Waals surface area contributed by atoms with Crippen molar-refractivity contribution in [3.8, 4) is 0 Å². The molecule has 0 aromatic heterocycles. The van der Waals surface area contributed by atoms with Crippen LogP contribution in [0.5, 0.6) is 0 Å². The number of rotatable bonds is 4. The third kappa shape index (κ3) is 2.64. The van der Waals surface area contributed by atoms with Gasteiger partial charge in [-0.1, -0.05) is 6.07 Å². The van der Waals surface area contributed by atoms with Crippen LogP contribution in [0.25, 0.3) is 0 Å². The van der Waals surface area contributed by atoms with Crippen molar-refractivity contribution in [3.05, 3.63) is 23.8 Å². The van der Waals surface area contributed by atoms with E-state index in [9.17, 15) is 0 Å². The standard InChI is InChI=1S/C11H18N2O/c1-9-4-5-11(10(12)8-9)13(2)6-7-14-3/h4-5,8H,6-7,12H2,1-3H3. The van der Waals surface area contributed by atoms with Crippen molar-refractivity contribution in [1.82, 2.24) is 0 Å². The second-order valence-electron chi connectivity index (χ2n) is 3.48. The van der Waals surface area contributed by atoms with Gasteiger partial charge in [0.15, 0.2) is 0 Å². The van der Waals surface area contributed by atoms with Gasteiger partial charge in [0.25, 0.3) is 0 Å². The molecule has 1 aromatic rings. The first-order chi connectivity index (χ1) is 6.65. The first-order valence-corrected chi connectivity index (χ1v) is 4.71. The summed E-state index contributed by atoms with van der Waals surface area (Å²) in [5, 5.41) is 0. The molecular weight excluding hydrogens is 176 g/mol. The number of hydrogen-bond donors (Lipinski definition) is 1. The molecule has 0 heterocycles. The zero-order valence-corrected chi connectivity index (χ0v) is 9.08. The van der Waals surface area contributed by atoms with E-state index in [2.05, 4.69) is 11.0 Å². The fourth-order valence-electron chi connectivity index (χ4n) is 1.37. The molecule has 2 N–H and O–H groups in total. The van der Waals surface area contributed by atoms with Gasteiger partial charge in [-0.3, -0.25) is 0 Å². The Hall–Kier alpha value is -1.22. The summed E-state index contributed by atoms with van der Waals surface area (Å²) in [6.07, 6.45) is 0. The summed E-state index contributed by atoms with van der Waals surface area (Å²) in [6.45, 7) is 3.60. The molecule has 0 saturated carbocycles. The lowest BCUT2D eigenvalue weighted by Gasteiger charge is -2.20. The van der Waals surface area contributed by atoms with Crippen LogP contribution in [0.4, 0.5) is 11.4 Å². The van der Waals surface area contributed by atoms with Crippen LogP contribution in [0.1, 0.15) is 5.56 Å². The molecule has 3 nitrogen and oxygen atoms in total. The molecule has 0 aliphatic rings. The number of likely N-dealkylation sites (N-methyl/N-ethyl adjacent to an activating group) is 1. The molecule has 0 unspecified atom stereocenters. The average Bonchev–Trinajstić information content (AvgIpc) is 2.14. The summed E-state index contributed by atoms with van der Waals surface area (Å²) in [4.78, 5) is 2.10. The van der Waals surface area contributed by atoms with E-state index in [4.69, 9.17) is 10.5 Å². The number of benzene rings is 1. The van der Waals surface area contributed by atoms with E-state index in [1.54, 1.807) is 7.11 Å². The quantitative estimate of drug-likeness (QED) is 0.741. The molecule has 0 aliphatic carbocycles. The second kappa shape index (κ2) is 4.86. The topological polar surface area (TPSA) is 38.5 Å². The minimum absolute atomic E-state index is 0.712. The van der Waals surface area contributed by atoms with Crippen molar-refractivity contribution in [1.29, 1.82) is 0 Å². The molecule has 78 valence electrons. The van der Waals surface area contributed by atoms with E-state index >= 15 is 0 Å². The Labute approximate surface area is 85.5 Å². The number of ether oxygens (including phenoxy) is 1. The van der Waals surface area contributed by atoms with E-state index in [-0.39, 0.29) is 0 Å². The first kappa shape index (κ1) is 10.9. The minimum atomic E-state index is 0.712. The highest BCUT2D eigenvalue weighted by Crippen LogP contribution is 2.22. The summed E-state index contributed by atoms with van der Waals surface area (Å²) in [7, 11) is 3.71. The third-order valence-corrected chi connectivity index (χ3v) is 2.23. The smallest absolute Gasteiger partial charge is 0.0637 e. The SMILES string of the molecule is COCCN(C)c1ccc(C)cc1N. The Morgan fingerprint density at radius 1 is 1.43 bits per heavy atom. The molecule has 14 heavy (non-hydrogen) atoms. The molecular formula is C11H18N2O. The normalized spacial score (nSPS) is 10.2. The van der Waals surface area contributed by atoms with Crippen LogP contribution in [-0.2, 0) is 4.74 Å². The molecule has 0 amide bonds. The summed E-state index contributed by atoms with van der Waals surface area (Å²) in [6, 6.07) is 6.09. The zero-order valence-electron chi connectivity index (χ0n) is 9.08. The van der Waals surface area contributed by atoms with Crippen LogP contribution in [0.15, 0.2) is 18.2 Å². The third-order valence-electron chi connectivity index (χ3n) is 2.23. The Kier molecular flexibility index (Phi) is 3.77. The molecule has 0 radical (unpaired) electrons. The highest BCUT2D eigenvalue weighted by Gasteiger charge is 2.04. The lowest BCUT2D eigenvalue weighted by molar-refractivity contribution is 0.206. The molecule has 0 fully saturated rings. The Balaban J connectivity index is 2.74. The molecule has 0 atom stereocenters. The van der Waals surface area contributed by atoms with Crippen LogP contribution in [-0.4, -0.2) is 27.3 Å². The van der Waals surface area contributed by atoms with Gasteiger partial charge in [0.1, 0.15) is 0 Å². The molecule has 0 aliphatic heterocycles. The van der Waals surface area contributed by atoms with Gasteiger partial charge >= 0.3 is 0 Å².